The highest BCUT2D eigenvalue weighted by Gasteiger charge is 2.16. The van der Waals surface area contributed by atoms with Crippen molar-refractivity contribution in [3.05, 3.63) is 21.5 Å². The van der Waals surface area contributed by atoms with Crippen LogP contribution in [0.1, 0.15) is 12.8 Å². The molecule has 1 aliphatic rings. The van der Waals surface area contributed by atoms with Gasteiger partial charge < -0.3 is 14.3 Å². The number of H-pyrrole nitrogens is 1. The van der Waals surface area contributed by atoms with E-state index in [4.69, 9.17) is 17.0 Å². The van der Waals surface area contributed by atoms with Crippen LogP contribution in [0.25, 0.3) is 11.2 Å². The van der Waals surface area contributed by atoms with Gasteiger partial charge in [0, 0.05) is 30.4 Å². The maximum atomic E-state index is 5.40. The topological polar surface area (TPSA) is 42.8 Å². The first-order valence-electron chi connectivity index (χ1n) is 6.06. The molecule has 0 aromatic carbocycles. The molecule has 1 N–H and O–H groups in total. The number of aromatic amines is 1. The Balaban J connectivity index is 1.86. The number of pyridine rings is 1. The molecular weight excluding hydrogens is 314 g/mol. The Hall–Kier alpha value is -0.720. The molecule has 0 bridgehead atoms. The third-order valence-electron chi connectivity index (χ3n) is 3.36. The van der Waals surface area contributed by atoms with Gasteiger partial charge in [-0.2, -0.15) is 0 Å². The summed E-state index contributed by atoms with van der Waals surface area (Å²) < 4.78 is 9.18. The first kappa shape index (κ1) is 12.3. The smallest absolute Gasteiger partial charge is 0.179 e. The molecule has 2 aromatic rings. The van der Waals surface area contributed by atoms with Gasteiger partial charge in [0.15, 0.2) is 10.4 Å². The number of ether oxygens (including phenoxy) is 1. The van der Waals surface area contributed by atoms with Gasteiger partial charge >= 0.3 is 0 Å². The van der Waals surface area contributed by atoms with Crippen LogP contribution in [-0.2, 0) is 11.3 Å². The van der Waals surface area contributed by atoms with E-state index in [9.17, 15) is 0 Å². The van der Waals surface area contributed by atoms with Crippen LogP contribution in [0.15, 0.2) is 16.7 Å². The van der Waals surface area contributed by atoms with Crippen LogP contribution in [0.3, 0.4) is 0 Å². The Labute approximate surface area is 118 Å². The standard InChI is InChI=1S/C12H14BrN3OS/c13-9-5-10-11(14-6-9)16(12(18)15-10)3-1-8-2-4-17-7-8/h5-6,8H,1-4,7H2,(H,15,18). The van der Waals surface area contributed by atoms with Crippen molar-refractivity contribution in [3.63, 3.8) is 0 Å². The SMILES string of the molecule is S=c1[nH]c2cc(Br)cnc2n1CCC1CCOC1. The number of rotatable bonds is 3. The third kappa shape index (κ3) is 2.37. The lowest BCUT2D eigenvalue weighted by molar-refractivity contribution is 0.183. The van der Waals surface area contributed by atoms with Crippen LogP contribution in [0.2, 0.25) is 0 Å². The van der Waals surface area contributed by atoms with E-state index in [1.807, 2.05) is 6.07 Å². The van der Waals surface area contributed by atoms with Gasteiger partial charge in [-0.3, -0.25) is 0 Å². The molecule has 1 unspecified atom stereocenters. The average Bonchev–Trinajstić information content (AvgIpc) is 2.93. The van der Waals surface area contributed by atoms with Crippen molar-refractivity contribution in [2.24, 2.45) is 5.92 Å². The Morgan fingerprint density at radius 2 is 2.50 bits per heavy atom. The van der Waals surface area contributed by atoms with Gasteiger partial charge in [-0.1, -0.05) is 0 Å². The number of nitrogens with one attached hydrogen (secondary N) is 1. The second-order valence-electron chi connectivity index (χ2n) is 4.62. The predicted molar refractivity (Wildman–Crippen MR) is 76.2 cm³/mol. The van der Waals surface area contributed by atoms with E-state index < -0.39 is 0 Å². The Kier molecular flexibility index (Phi) is 3.50. The van der Waals surface area contributed by atoms with E-state index in [0.717, 1.165) is 53.0 Å². The summed E-state index contributed by atoms with van der Waals surface area (Å²) in [6.45, 7) is 2.69. The number of hydrogen-bond acceptors (Lipinski definition) is 3. The number of imidazole rings is 1. The summed E-state index contributed by atoms with van der Waals surface area (Å²) in [6, 6.07) is 2.01. The van der Waals surface area contributed by atoms with E-state index in [0.29, 0.717) is 5.92 Å². The molecular formula is C12H14BrN3OS. The molecule has 1 fully saturated rings. The van der Waals surface area contributed by atoms with Crippen molar-refractivity contribution in [3.8, 4) is 0 Å². The summed E-state index contributed by atoms with van der Waals surface area (Å²) in [6.07, 6.45) is 4.06. The molecule has 96 valence electrons. The number of aromatic nitrogens is 3. The molecule has 0 spiro atoms. The molecule has 2 aromatic heterocycles. The fourth-order valence-electron chi connectivity index (χ4n) is 2.35. The first-order valence-corrected chi connectivity index (χ1v) is 7.26. The Bertz CT molecular complexity index is 615. The molecule has 0 radical (unpaired) electrons. The summed E-state index contributed by atoms with van der Waals surface area (Å²) in [4.78, 5) is 7.63. The van der Waals surface area contributed by atoms with Gasteiger partial charge in [0.1, 0.15) is 0 Å². The fraction of sp³-hybridized carbons (Fsp3) is 0.500. The molecule has 3 rings (SSSR count). The van der Waals surface area contributed by atoms with Crippen LogP contribution in [0.5, 0.6) is 0 Å². The number of aryl methyl sites for hydroxylation is 1. The van der Waals surface area contributed by atoms with Gasteiger partial charge in [0.25, 0.3) is 0 Å². The molecule has 1 saturated heterocycles. The van der Waals surface area contributed by atoms with Crippen molar-refractivity contribution in [2.45, 2.75) is 19.4 Å². The highest BCUT2D eigenvalue weighted by Crippen LogP contribution is 2.20. The molecule has 0 aliphatic carbocycles. The highest BCUT2D eigenvalue weighted by atomic mass is 79.9. The minimum atomic E-state index is 0.660. The van der Waals surface area contributed by atoms with E-state index in [1.165, 1.54) is 0 Å². The van der Waals surface area contributed by atoms with E-state index in [2.05, 4.69) is 30.5 Å². The summed E-state index contributed by atoms with van der Waals surface area (Å²) in [5, 5.41) is 0. The van der Waals surface area contributed by atoms with Crippen LogP contribution >= 0.6 is 28.1 Å². The number of nitrogens with zero attached hydrogens (tertiary/aromatic N) is 2. The van der Waals surface area contributed by atoms with Gasteiger partial charge in [0.05, 0.1) is 5.52 Å². The Morgan fingerprint density at radius 3 is 3.28 bits per heavy atom. The van der Waals surface area contributed by atoms with Gasteiger partial charge in [-0.25, -0.2) is 4.98 Å². The largest absolute Gasteiger partial charge is 0.381 e. The third-order valence-corrected chi connectivity index (χ3v) is 4.12. The van der Waals surface area contributed by atoms with Crippen LogP contribution in [-0.4, -0.2) is 27.7 Å². The summed E-state index contributed by atoms with van der Waals surface area (Å²) in [5.74, 6) is 0.660. The van der Waals surface area contributed by atoms with E-state index >= 15 is 0 Å². The molecule has 3 heterocycles. The monoisotopic (exact) mass is 327 g/mol. The molecule has 6 heteroatoms. The number of hydrogen-bond donors (Lipinski definition) is 1. The fourth-order valence-corrected chi connectivity index (χ4v) is 2.97. The normalized spacial score (nSPS) is 19.7. The van der Waals surface area contributed by atoms with Crippen molar-refractivity contribution >= 4 is 39.3 Å². The zero-order valence-corrected chi connectivity index (χ0v) is 12.3. The molecule has 0 amide bonds. The van der Waals surface area contributed by atoms with Crippen molar-refractivity contribution < 1.29 is 4.74 Å². The quantitative estimate of drug-likeness (QED) is 0.880. The second-order valence-corrected chi connectivity index (χ2v) is 5.93. The molecule has 4 nitrogen and oxygen atoms in total. The van der Waals surface area contributed by atoms with Crippen LogP contribution < -0.4 is 0 Å². The zero-order chi connectivity index (χ0) is 12.5. The lowest BCUT2D eigenvalue weighted by atomic mass is 10.1. The molecule has 0 saturated carbocycles. The van der Waals surface area contributed by atoms with Gasteiger partial charge in [0.2, 0.25) is 0 Å². The van der Waals surface area contributed by atoms with Crippen molar-refractivity contribution in [2.75, 3.05) is 13.2 Å². The average molecular weight is 328 g/mol. The first-order chi connectivity index (χ1) is 8.74. The summed E-state index contributed by atoms with van der Waals surface area (Å²) >= 11 is 8.77. The minimum absolute atomic E-state index is 0.660. The van der Waals surface area contributed by atoms with Crippen molar-refractivity contribution in [1.82, 2.24) is 14.5 Å². The van der Waals surface area contributed by atoms with Crippen LogP contribution in [0.4, 0.5) is 0 Å². The van der Waals surface area contributed by atoms with Crippen LogP contribution in [0, 0.1) is 10.7 Å². The molecule has 1 aliphatic heterocycles. The molecule has 18 heavy (non-hydrogen) atoms. The summed E-state index contributed by atoms with van der Waals surface area (Å²) in [7, 11) is 0. The highest BCUT2D eigenvalue weighted by molar-refractivity contribution is 9.10. The lowest BCUT2D eigenvalue weighted by Crippen LogP contribution is -2.06. The number of fused-ring (bicyclic) bond motifs is 1. The number of halogens is 1. The van der Waals surface area contributed by atoms with Crippen molar-refractivity contribution in [1.29, 1.82) is 0 Å². The zero-order valence-electron chi connectivity index (χ0n) is 9.86. The predicted octanol–water partition coefficient (Wildman–Crippen LogP) is 3.28. The maximum Gasteiger partial charge on any atom is 0.179 e. The Morgan fingerprint density at radius 1 is 1.61 bits per heavy atom. The van der Waals surface area contributed by atoms with E-state index in [-0.39, 0.29) is 0 Å². The molecule has 1 atom stereocenters. The lowest BCUT2D eigenvalue weighted by Gasteiger charge is -2.08. The van der Waals surface area contributed by atoms with Gasteiger partial charge in [-0.05, 0) is 53.0 Å². The maximum absolute atomic E-state index is 5.40. The van der Waals surface area contributed by atoms with Gasteiger partial charge in [-0.15, -0.1) is 0 Å². The van der Waals surface area contributed by atoms with E-state index in [1.54, 1.807) is 6.20 Å². The summed E-state index contributed by atoms with van der Waals surface area (Å²) in [5.41, 5.74) is 1.92. The second kappa shape index (κ2) is 5.11. The minimum Gasteiger partial charge on any atom is -0.381 e.